The molecule has 2 fully saturated rings. The normalized spacial score (nSPS) is 31.4. The summed E-state index contributed by atoms with van der Waals surface area (Å²) in [7, 11) is 0. The van der Waals surface area contributed by atoms with Crippen molar-refractivity contribution < 1.29 is 19.8 Å². The fourth-order valence-corrected chi connectivity index (χ4v) is 8.19. The lowest BCUT2D eigenvalue weighted by molar-refractivity contribution is -0.144. The largest absolute Gasteiger partial charge is 0.396 e. The van der Waals surface area contributed by atoms with Crippen molar-refractivity contribution in [3.63, 3.8) is 0 Å². The Bertz CT molecular complexity index is 1180. The summed E-state index contributed by atoms with van der Waals surface area (Å²) in [5.74, 6) is -0.524. The van der Waals surface area contributed by atoms with Gasteiger partial charge >= 0.3 is 0 Å². The van der Waals surface area contributed by atoms with E-state index < -0.39 is 11.5 Å². The molecule has 4 N–H and O–H groups in total. The number of carbonyl (C=O) groups is 2. The maximum Gasteiger partial charge on any atom is 0.257 e. The van der Waals surface area contributed by atoms with Gasteiger partial charge in [0, 0.05) is 40.4 Å². The number of pyridine rings is 1. The third kappa shape index (κ3) is 4.91. The summed E-state index contributed by atoms with van der Waals surface area (Å²) in [5.41, 5.74) is 0.221. The SMILES string of the molecule is CC1(CO)C(O)CCC2(C)C(CC(=O)NC3CCCC3)c3nc(NC(=O)c4ccnc(Cl)c4)sc3CC12. The molecule has 5 rings (SSSR count). The fraction of sp³-hybridized carbons (Fsp3) is 0.630. The van der Waals surface area contributed by atoms with Gasteiger partial charge in [-0.2, -0.15) is 0 Å². The molecule has 0 aliphatic heterocycles. The van der Waals surface area contributed by atoms with E-state index in [0.717, 1.165) is 42.7 Å². The van der Waals surface area contributed by atoms with Crippen LogP contribution in [0.25, 0.3) is 0 Å². The van der Waals surface area contributed by atoms with Gasteiger partial charge < -0.3 is 15.5 Å². The van der Waals surface area contributed by atoms with Crippen LogP contribution >= 0.6 is 22.9 Å². The molecule has 3 aliphatic rings. The Balaban J connectivity index is 1.47. The van der Waals surface area contributed by atoms with Gasteiger partial charge in [0.1, 0.15) is 5.15 Å². The van der Waals surface area contributed by atoms with Gasteiger partial charge in [-0.1, -0.05) is 38.3 Å². The standard InChI is InChI=1S/C27H35ClN4O4S/c1-26-9-7-20(34)27(2,14-33)19(26)13-18-23(17(26)12-22(35)30-16-5-3-4-6-16)31-25(37-18)32-24(36)15-8-10-29-21(28)11-15/h8,10-11,16-17,19-20,33-34H,3-7,9,12-14H2,1-2H3,(H,30,35)(H,31,32,36). The summed E-state index contributed by atoms with van der Waals surface area (Å²) in [6.45, 7) is 4.01. The Morgan fingerprint density at radius 2 is 2.00 bits per heavy atom. The Morgan fingerprint density at radius 1 is 1.24 bits per heavy atom. The first-order valence-electron chi connectivity index (χ1n) is 13.1. The van der Waals surface area contributed by atoms with Crippen molar-refractivity contribution in [3.8, 4) is 0 Å². The molecular formula is C27H35ClN4O4S. The van der Waals surface area contributed by atoms with Crippen LogP contribution in [-0.2, 0) is 11.2 Å². The minimum absolute atomic E-state index is 0.0200. The predicted octanol–water partition coefficient (Wildman–Crippen LogP) is 4.31. The van der Waals surface area contributed by atoms with Crippen LogP contribution in [0.4, 0.5) is 5.13 Å². The predicted molar refractivity (Wildman–Crippen MR) is 143 cm³/mol. The number of halogens is 1. The Hall–Kier alpha value is -2.07. The van der Waals surface area contributed by atoms with Crippen molar-refractivity contribution in [3.05, 3.63) is 39.6 Å². The Morgan fingerprint density at radius 3 is 2.70 bits per heavy atom. The number of carbonyl (C=O) groups excluding carboxylic acids is 2. The molecule has 0 saturated heterocycles. The van der Waals surface area contributed by atoms with Crippen molar-refractivity contribution in [1.29, 1.82) is 0 Å². The highest BCUT2D eigenvalue weighted by Crippen LogP contribution is 2.62. The van der Waals surface area contributed by atoms with E-state index in [4.69, 9.17) is 16.6 Å². The highest BCUT2D eigenvalue weighted by molar-refractivity contribution is 7.15. The van der Waals surface area contributed by atoms with Gasteiger partial charge in [-0.05, 0) is 55.6 Å². The van der Waals surface area contributed by atoms with Crippen molar-refractivity contribution in [2.75, 3.05) is 11.9 Å². The second-order valence-corrected chi connectivity index (χ2v) is 12.9. The average Bonchev–Trinajstić information content (AvgIpc) is 3.52. The summed E-state index contributed by atoms with van der Waals surface area (Å²) in [4.78, 5) is 35.9. The zero-order valence-corrected chi connectivity index (χ0v) is 22.9. The van der Waals surface area contributed by atoms with Gasteiger partial charge in [-0.15, -0.1) is 11.3 Å². The number of nitrogens with zero attached hydrogens (tertiary/aromatic N) is 2. The quantitative estimate of drug-likeness (QED) is 0.400. The molecule has 8 nitrogen and oxygen atoms in total. The lowest BCUT2D eigenvalue weighted by Crippen LogP contribution is -2.57. The number of hydrogen-bond acceptors (Lipinski definition) is 7. The van der Waals surface area contributed by atoms with E-state index in [9.17, 15) is 19.8 Å². The molecule has 5 unspecified atom stereocenters. The number of nitrogens with one attached hydrogen (secondary N) is 2. The van der Waals surface area contributed by atoms with Crippen molar-refractivity contribution >= 4 is 39.9 Å². The van der Waals surface area contributed by atoms with E-state index in [1.165, 1.54) is 23.6 Å². The molecule has 37 heavy (non-hydrogen) atoms. The lowest BCUT2D eigenvalue weighted by Gasteiger charge is -2.58. The summed E-state index contributed by atoms with van der Waals surface area (Å²) in [6, 6.07) is 3.33. The first-order chi connectivity index (χ1) is 17.6. The zero-order valence-electron chi connectivity index (χ0n) is 21.3. The van der Waals surface area contributed by atoms with E-state index in [1.807, 2.05) is 6.92 Å². The molecule has 2 amide bonds. The van der Waals surface area contributed by atoms with Crippen molar-refractivity contribution in [1.82, 2.24) is 15.3 Å². The molecule has 10 heteroatoms. The Kier molecular flexibility index (Phi) is 7.35. The molecule has 0 radical (unpaired) electrons. The van der Waals surface area contributed by atoms with E-state index in [1.54, 1.807) is 6.07 Å². The highest BCUT2D eigenvalue weighted by Gasteiger charge is 2.59. The third-order valence-electron chi connectivity index (χ3n) is 9.21. The number of anilines is 1. The number of hydrogen-bond donors (Lipinski definition) is 4. The maximum atomic E-state index is 13.3. The number of fused-ring (bicyclic) bond motifs is 2. The van der Waals surface area contributed by atoms with Gasteiger partial charge in [-0.25, -0.2) is 9.97 Å². The van der Waals surface area contributed by atoms with E-state index in [-0.39, 0.29) is 46.9 Å². The monoisotopic (exact) mass is 546 g/mol. The van der Waals surface area contributed by atoms with Gasteiger partial charge in [0.2, 0.25) is 5.91 Å². The van der Waals surface area contributed by atoms with E-state index in [0.29, 0.717) is 30.0 Å². The summed E-state index contributed by atoms with van der Waals surface area (Å²) in [6.07, 6.45) is 7.42. The number of rotatable bonds is 6. The summed E-state index contributed by atoms with van der Waals surface area (Å²) < 4.78 is 0. The van der Waals surface area contributed by atoms with Crippen LogP contribution in [0.1, 0.15) is 85.6 Å². The molecule has 200 valence electrons. The molecule has 0 spiro atoms. The molecular weight excluding hydrogens is 512 g/mol. The van der Waals surface area contributed by atoms with Gasteiger partial charge in [-0.3, -0.25) is 14.9 Å². The molecule has 0 aromatic carbocycles. The van der Waals surface area contributed by atoms with Crippen LogP contribution < -0.4 is 10.6 Å². The molecule has 2 saturated carbocycles. The maximum absolute atomic E-state index is 13.3. The molecule has 2 aromatic rings. The number of aromatic nitrogens is 2. The smallest absolute Gasteiger partial charge is 0.257 e. The van der Waals surface area contributed by atoms with Crippen LogP contribution in [0, 0.1) is 16.7 Å². The minimum Gasteiger partial charge on any atom is -0.396 e. The molecule has 2 aromatic heterocycles. The lowest BCUT2D eigenvalue weighted by atomic mass is 9.47. The molecule has 0 bridgehead atoms. The summed E-state index contributed by atoms with van der Waals surface area (Å²) in [5, 5.41) is 28.2. The van der Waals surface area contributed by atoms with Crippen molar-refractivity contribution in [2.45, 2.75) is 83.3 Å². The first-order valence-corrected chi connectivity index (χ1v) is 14.3. The first kappa shape index (κ1) is 26.5. The van der Waals surface area contributed by atoms with Crippen LogP contribution in [-0.4, -0.2) is 50.7 Å². The molecule has 5 atom stereocenters. The third-order valence-corrected chi connectivity index (χ3v) is 10.4. The van der Waals surface area contributed by atoms with E-state index in [2.05, 4.69) is 22.5 Å². The van der Waals surface area contributed by atoms with Gasteiger partial charge in [0.25, 0.3) is 5.91 Å². The van der Waals surface area contributed by atoms with E-state index >= 15 is 0 Å². The topological polar surface area (TPSA) is 124 Å². The van der Waals surface area contributed by atoms with Crippen LogP contribution in [0.2, 0.25) is 5.15 Å². The van der Waals surface area contributed by atoms with Crippen LogP contribution in [0.15, 0.2) is 18.3 Å². The highest BCUT2D eigenvalue weighted by atomic mass is 35.5. The second-order valence-electron chi connectivity index (χ2n) is 11.4. The number of amides is 2. The van der Waals surface area contributed by atoms with Crippen LogP contribution in [0.5, 0.6) is 0 Å². The Labute approximate surface area is 226 Å². The number of aliphatic hydroxyl groups excluding tert-OH is 2. The number of thiazole rings is 1. The average molecular weight is 547 g/mol. The molecule has 2 heterocycles. The minimum atomic E-state index is -0.688. The molecule has 3 aliphatic carbocycles. The number of aliphatic hydroxyl groups is 2. The van der Waals surface area contributed by atoms with Gasteiger partial charge in [0.15, 0.2) is 5.13 Å². The van der Waals surface area contributed by atoms with Crippen molar-refractivity contribution in [2.24, 2.45) is 16.7 Å². The second kappa shape index (κ2) is 10.2. The fourth-order valence-electron chi connectivity index (χ4n) is 6.95. The zero-order chi connectivity index (χ0) is 26.4. The van der Waals surface area contributed by atoms with Gasteiger partial charge in [0.05, 0.1) is 18.4 Å². The summed E-state index contributed by atoms with van der Waals surface area (Å²) >= 11 is 7.36. The van der Waals surface area contributed by atoms with Crippen LogP contribution in [0.3, 0.4) is 0 Å².